The lowest BCUT2D eigenvalue weighted by Crippen LogP contribution is -2.43. The second kappa shape index (κ2) is 6.61. The van der Waals surface area contributed by atoms with E-state index in [0.717, 1.165) is 32.2 Å². The van der Waals surface area contributed by atoms with E-state index >= 15 is 0 Å². The lowest BCUT2D eigenvalue weighted by Gasteiger charge is -2.35. The molecule has 1 aliphatic heterocycles. The zero-order valence-electron chi connectivity index (χ0n) is 11.4. The fraction of sp³-hybridized carbons (Fsp3) is 0.917. The van der Waals surface area contributed by atoms with E-state index < -0.39 is 5.41 Å². The van der Waals surface area contributed by atoms with Crippen LogP contribution in [0.5, 0.6) is 0 Å². The summed E-state index contributed by atoms with van der Waals surface area (Å²) >= 11 is 0. The maximum absolute atomic E-state index is 11.9. The van der Waals surface area contributed by atoms with Gasteiger partial charge in [0.15, 0.2) is 0 Å². The molecule has 6 heteroatoms. The monoisotopic (exact) mass is 254 g/mol. The van der Waals surface area contributed by atoms with Crippen molar-refractivity contribution in [2.45, 2.75) is 52.5 Å². The Labute approximate surface area is 108 Å². The summed E-state index contributed by atoms with van der Waals surface area (Å²) in [7, 11) is 0. The molecule has 1 atom stereocenters. The summed E-state index contributed by atoms with van der Waals surface area (Å²) in [5, 5.41) is 5.31. The molecular formula is C12H22N4O2. The molecule has 0 amide bonds. The number of nitrogens with zero attached hydrogens (tertiary/aromatic N) is 4. The van der Waals surface area contributed by atoms with E-state index in [1.54, 1.807) is 5.06 Å². The van der Waals surface area contributed by atoms with Gasteiger partial charge in [0.25, 0.3) is 0 Å². The van der Waals surface area contributed by atoms with Crippen LogP contribution < -0.4 is 0 Å². The van der Waals surface area contributed by atoms with Gasteiger partial charge in [-0.2, -0.15) is 0 Å². The SMILES string of the molecule is CC(C)(C)C(=O)ON1CCCCC1CCN=[N+]=[N-]. The average molecular weight is 254 g/mol. The van der Waals surface area contributed by atoms with Gasteiger partial charge in [-0.3, -0.25) is 0 Å². The molecule has 0 radical (unpaired) electrons. The van der Waals surface area contributed by atoms with Crippen LogP contribution in [0.4, 0.5) is 0 Å². The van der Waals surface area contributed by atoms with Gasteiger partial charge in [-0.05, 0) is 45.6 Å². The fourth-order valence-corrected chi connectivity index (χ4v) is 1.88. The minimum atomic E-state index is -0.493. The molecule has 18 heavy (non-hydrogen) atoms. The van der Waals surface area contributed by atoms with Crippen LogP contribution in [0.15, 0.2) is 5.11 Å². The van der Waals surface area contributed by atoms with Crippen molar-refractivity contribution < 1.29 is 9.63 Å². The number of carbonyl (C=O) groups excluding carboxylic acids is 1. The third kappa shape index (κ3) is 4.55. The predicted molar refractivity (Wildman–Crippen MR) is 68.5 cm³/mol. The number of hydrogen-bond donors (Lipinski definition) is 0. The van der Waals surface area contributed by atoms with Gasteiger partial charge in [-0.1, -0.05) is 11.5 Å². The van der Waals surface area contributed by atoms with Crippen molar-refractivity contribution in [1.82, 2.24) is 5.06 Å². The Morgan fingerprint density at radius 2 is 2.22 bits per heavy atom. The first-order valence-corrected chi connectivity index (χ1v) is 6.45. The highest BCUT2D eigenvalue weighted by molar-refractivity contribution is 5.75. The number of carbonyl (C=O) groups is 1. The van der Waals surface area contributed by atoms with Crippen molar-refractivity contribution in [2.24, 2.45) is 10.5 Å². The molecular weight excluding hydrogens is 232 g/mol. The molecule has 1 saturated heterocycles. The highest BCUT2D eigenvalue weighted by Gasteiger charge is 2.30. The summed E-state index contributed by atoms with van der Waals surface area (Å²) in [5.74, 6) is -0.210. The van der Waals surface area contributed by atoms with E-state index in [9.17, 15) is 4.79 Å². The van der Waals surface area contributed by atoms with E-state index in [0.29, 0.717) is 6.54 Å². The normalized spacial score (nSPS) is 21.2. The highest BCUT2D eigenvalue weighted by atomic mass is 16.7. The summed E-state index contributed by atoms with van der Waals surface area (Å²) in [5.41, 5.74) is 7.78. The maximum atomic E-state index is 11.9. The Morgan fingerprint density at radius 1 is 1.50 bits per heavy atom. The molecule has 0 aliphatic carbocycles. The van der Waals surface area contributed by atoms with Crippen molar-refractivity contribution in [3.63, 3.8) is 0 Å². The van der Waals surface area contributed by atoms with Crippen LogP contribution in [0.25, 0.3) is 10.4 Å². The minimum absolute atomic E-state index is 0.176. The van der Waals surface area contributed by atoms with E-state index in [1.165, 1.54) is 0 Å². The summed E-state index contributed by atoms with van der Waals surface area (Å²) in [6, 6.07) is 0.176. The van der Waals surface area contributed by atoms with Gasteiger partial charge in [-0.15, -0.1) is 5.06 Å². The smallest absolute Gasteiger partial charge is 0.330 e. The van der Waals surface area contributed by atoms with E-state index in [-0.39, 0.29) is 12.0 Å². The van der Waals surface area contributed by atoms with Crippen molar-refractivity contribution in [2.75, 3.05) is 13.1 Å². The Bertz CT molecular complexity index is 331. The van der Waals surface area contributed by atoms with Crippen molar-refractivity contribution in [3.05, 3.63) is 10.4 Å². The lowest BCUT2D eigenvalue weighted by atomic mass is 9.97. The molecule has 0 aromatic heterocycles. The molecule has 1 heterocycles. The standard InChI is InChI=1S/C12H22N4O2/c1-12(2,3)11(17)18-16-9-5-4-6-10(16)7-8-14-15-13/h10H,4-9H2,1-3H3. The van der Waals surface area contributed by atoms with Gasteiger partial charge in [0.2, 0.25) is 0 Å². The fourth-order valence-electron chi connectivity index (χ4n) is 1.88. The van der Waals surface area contributed by atoms with Crippen LogP contribution in [0.2, 0.25) is 0 Å². The van der Waals surface area contributed by atoms with Gasteiger partial charge < -0.3 is 4.84 Å². The molecule has 0 spiro atoms. The van der Waals surface area contributed by atoms with Crippen LogP contribution in [-0.2, 0) is 9.63 Å². The first kappa shape index (κ1) is 14.8. The summed E-state index contributed by atoms with van der Waals surface area (Å²) in [4.78, 5) is 20.1. The molecule has 1 rings (SSSR count). The second-order valence-electron chi connectivity index (χ2n) is 5.66. The number of piperidine rings is 1. The van der Waals surface area contributed by atoms with E-state index in [4.69, 9.17) is 10.4 Å². The molecule has 0 aromatic carbocycles. The van der Waals surface area contributed by atoms with Crippen LogP contribution in [0.3, 0.4) is 0 Å². The van der Waals surface area contributed by atoms with Crippen molar-refractivity contribution >= 4 is 5.97 Å². The quantitative estimate of drug-likeness (QED) is 0.439. The van der Waals surface area contributed by atoms with Gasteiger partial charge in [0, 0.05) is 24.0 Å². The van der Waals surface area contributed by atoms with Gasteiger partial charge >= 0.3 is 5.97 Å². The molecule has 102 valence electrons. The number of rotatable bonds is 4. The molecule has 0 saturated carbocycles. The van der Waals surface area contributed by atoms with Crippen LogP contribution >= 0.6 is 0 Å². The summed E-state index contributed by atoms with van der Waals surface area (Å²) in [6.45, 7) is 6.74. The molecule has 0 aromatic rings. The van der Waals surface area contributed by atoms with Crippen LogP contribution in [0.1, 0.15) is 46.5 Å². The molecule has 6 nitrogen and oxygen atoms in total. The Balaban J connectivity index is 2.54. The molecule has 0 N–H and O–H groups in total. The number of hydrogen-bond acceptors (Lipinski definition) is 4. The van der Waals surface area contributed by atoms with Crippen LogP contribution in [-0.4, -0.2) is 30.2 Å². The zero-order valence-corrected chi connectivity index (χ0v) is 11.4. The largest absolute Gasteiger partial charge is 0.367 e. The highest BCUT2D eigenvalue weighted by Crippen LogP contribution is 2.23. The third-order valence-corrected chi connectivity index (χ3v) is 3.01. The topological polar surface area (TPSA) is 78.3 Å². The Hall–Kier alpha value is -1.26. The third-order valence-electron chi connectivity index (χ3n) is 3.01. The van der Waals surface area contributed by atoms with Gasteiger partial charge in [0.05, 0.1) is 5.41 Å². The second-order valence-corrected chi connectivity index (χ2v) is 5.66. The summed E-state index contributed by atoms with van der Waals surface area (Å²) in [6.07, 6.45) is 3.89. The first-order chi connectivity index (χ1) is 8.45. The first-order valence-electron chi connectivity index (χ1n) is 6.45. The Morgan fingerprint density at radius 3 is 2.83 bits per heavy atom. The zero-order chi connectivity index (χ0) is 13.6. The van der Waals surface area contributed by atoms with Crippen molar-refractivity contribution in [1.29, 1.82) is 0 Å². The van der Waals surface area contributed by atoms with Crippen molar-refractivity contribution in [3.8, 4) is 0 Å². The summed E-state index contributed by atoms with van der Waals surface area (Å²) < 4.78 is 0. The number of hydroxylamine groups is 2. The predicted octanol–water partition coefficient (Wildman–Crippen LogP) is 3.05. The van der Waals surface area contributed by atoms with E-state index in [2.05, 4.69) is 10.0 Å². The van der Waals surface area contributed by atoms with Crippen LogP contribution in [0, 0.1) is 5.41 Å². The average Bonchev–Trinajstić information content (AvgIpc) is 2.30. The maximum Gasteiger partial charge on any atom is 0.330 e. The lowest BCUT2D eigenvalue weighted by molar-refractivity contribution is -0.217. The Kier molecular flexibility index (Phi) is 5.44. The molecule has 1 aliphatic rings. The molecule has 0 bridgehead atoms. The molecule has 1 unspecified atom stereocenters. The minimum Gasteiger partial charge on any atom is -0.367 e. The van der Waals surface area contributed by atoms with Gasteiger partial charge in [0.1, 0.15) is 0 Å². The molecule has 1 fully saturated rings. The number of azide groups is 1. The van der Waals surface area contributed by atoms with Gasteiger partial charge in [-0.25, -0.2) is 4.79 Å². The van der Waals surface area contributed by atoms with E-state index in [1.807, 2.05) is 20.8 Å².